The predicted molar refractivity (Wildman–Crippen MR) is 72.5 cm³/mol. The van der Waals surface area contributed by atoms with E-state index in [-0.39, 0.29) is 0 Å². The Morgan fingerprint density at radius 3 is 2.56 bits per heavy atom. The van der Waals surface area contributed by atoms with Gasteiger partial charge in [-0.05, 0) is 38.8 Å². The van der Waals surface area contributed by atoms with E-state index in [1.807, 2.05) is 18.2 Å². The van der Waals surface area contributed by atoms with Gasteiger partial charge in [0, 0.05) is 30.2 Å². The van der Waals surface area contributed by atoms with E-state index in [1.54, 1.807) is 6.07 Å². The van der Waals surface area contributed by atoms with Crippen molar-refractivity contribution in [3.8, 4) is 5.75 Å². The summed E-state index contributed by atoms with van der Waals surface area (Å²) in [6.07, 6.45) is 5.22. The lowest BCUT2D eigenvalue weighted by atomic mass is 9.98. The highest BCUT2D eigenvalue weighted by atomic mass is 16.3. The lowest BCUT2D eigenvalue weighted by molar-refractivity contribution is 0.148. The van der Waals surface area contributed by atoms with Crippen LogP contribution in [0.25, 0.3) is 0 Å². The number of para-hydroxylation sites is 1. The molecule has 0 spiro atoms. The van der Waals surface area contributed by atoms with Crippen LogP contribution in [0.3, 0.4) is 0 Å². The van der Waals surface area contributed by atoms with Crippen molar-refractivity contribution in [1.82, 2.24) is 10.2 Å². The van der Waals surface area contributed by atoms with Crippen molar-refractivity contribution in [3.05, 3.63) is 29.8 Å². The number of nitrogens with one attached hydrogen (secondary N) is 1. The number of benzene rings is 1. The minimum atomic E-state index is 0.404. The van der Waals surface area contributed by atoms with Crippen LogP contribution in [0.2, 0.25) is 0 Å². The Balaban J connectivity index is 1.57. The van der Waals surface area contributed by atoms with Crippen molar-refractivity contribution in [3.63, 3.8) is 0 Å². The van der Waals surface area contributed by atoms with Gasteiger partial charge in [0.15, 0.2) is 0 Å². The van der Waals surface area contributed by atoms with Crippen LogP contribution in [0, 0.1) is 0 Å². The Labute approximate surface area is 109 Å². The van der Waals surface area contributed by atoms with E-state index in [1.165, 1.54) is 25.7 Å². The first-order valence-electron chi connectivity index (χ1n) is 6.96. The standard InChI is InChI=1S/C15H22N2O/c1-17-13-6-7-14(17)9-12(8-13)16-10-11-4-2-3-5-15(11)18/h2-5,12-14,16,18H,6-10H2,1H3. The second-order valence-corrected chi connectivity index (χ2v) is 5.73. The number of rotatable bonds is 3. The molecule has 2 bridgehead atoms. The Kier molecular flexibility index (Phi) is 3.27. The van der Waals surface area contributed by atoms with E-state index < -0.39 is 0 Å². The summed E-state index contributed by atoms with van der Waals surface area (Å²) in [6, 6.07) is 9.75. The lowest BCUT2D eigenvalue weighted by Crippen LogP contribution is -2.46. The normalized spacial score (nSPS) is 31.7. The molecule has 2 unspecified atom stereocenters. The van der Waals surface area contributed by atoms with Gasteiger partial charge in [-0.15, -0.1) is 0 Å². The smallest absolute Gasteiger partial charge is 0.120 e. The molecule has 2 aliphatic heterocycles. The Bertz CT molecular complexity index is 407. The molecule has 1 aromatic rings. The fraction of sp³-hybridized carbons (Fsp3) is 0.600. The van der Waals surface area contributed by atoms with Gasteiger partial charge in [-0.1, -0.05) is 18.2 Å². The fourth-order valence-electron chi connectivity index (χ4n) is 3.49. The third-order valence-electron chi connectivity index (χ3n) is 4.67. The topological polar surface area (TPSA) is 35.5 Å². The molecule has 0 amide bonds. The van der Waals surface area contributed by atoms with Crippen LogP contribution in [0.4, 0.5) is 0 Å². The molecule has 0 saturated carbocycles. The summed E-state index contributed by atoms with van der Waals surface area (Å²) in [6.45, 7) is 0.778. The Morgan fingerprint density at radius 1 is 1.22 bits per heavy atom. The minimum Gasteiger partial charge on any atom is -0.508 e. The second-order valence-electron chi connectivity index (χ2n) is 5.73. The first-order chi connectivity index (χ1) is 8.74. The summed E-state index contributed by atoms with van der Waals surface area (Å²) in [7, 11) is 2.27. The van der Waals surface area contributed by atoms with Gasteiger partial charge in [-0.2, -0.15) is 0 Å². The molecule has 3 nitrogen and oxygen atoms in total. The SMILES string of the molecule is CN1C2CCC1CC(NCc1ccccc1O)C2. The molecule has 1 aromatic carbocycles. The second kappa shape index (κ2) is 4.90. The van der Waals surface area contributed by atoms with Crippen molar-refractivity contribution < 1.29 is 5.11 Å². The molecule has 2 N–H and O–H groups in total. The largest absolute Gasteiger partial charge is 0.508 e. The van der Waals surface area contributed by atoms with Gasteiger partial charge in [0.2, 0.25) is 0 Å². The van der Waals surface area contributed by atoms with Crippen LogP contribution in [-0.2, 0) is 6.54 Å². The van der Waals surface area contributed by atoms with Crippen molar-refractivity contribution in [2.75, 3.05) is 7.05 Å². The molecular formula is C15H22N2O. The average molecular weight is 246 g/mol. The molecule has 3 rings (SSSR count). The summed E-state index contributed by atoms with van der Waals surface area (Å²) in [5.41, 5.74) is 1.00. The van der Waals surface area contributed by atoms with Crippen LogP contribution in [0.1, 0.15) is 31.2 Å². The van der Waals surface area contributed by atoms with Crippen molar-refractivity contribution in [2.24, 2.45) is 0 Å². The zero-order chi connectivity index (χ0) is 12.5. The van der Waals surface area contributed by atoms with E-state index in [2.05, 4.69) is 17.3 Å². The van der Waals surface area contributed by atoms with E-state index in [0.29, 0.717) is 11.8 Å². The van der Waals surface area contributed by atoms with E-state index in [4.69, 9.17) is 0 Å². The summed E-state index contributed by atoms with van der Waals surface area (Å²) >= 11 is 0. The Hall–Kier alpha value is -1.06. The van der Waals surface area contributed by atoms with Gasteiger partial charge in [-0.25, -0.2) is 0 Å². The summed E-state index contributed by atoms with van der Waals surface area (Å²) in [5.74, 6) is 0.404. The van der Waals surface area contributed by atoms with Crippen LogP contribution >= 0.6 is 0 Å². The number of hydrogen-bond acceptors (Lipinski definition) is 3. The fourth-order valence-corrected chi connectivity index (χ4v) is 3.49. The molecule has 2 fully saturated rings. The zero-order valence-corrected chi connectivity index (χ0v) is 11.0. The van der Waals surface area contributed by atoms with E-state index in [9.17, 15) is 5.11 Å². The van der Waals surface area contributed by atoms with Crippen LogP contribution < -0.4 is 5.32 Å². The van der Waals surface area contributed by atoms with Crippen LogP contribution in [-0.4, -0.2) is 35.2 Å². The molecule has 2 atom stereocenters. The number of piperidine rings is 1. The number of phenolic OH excluding ortho intramolecular Hbond substituents is 1. The number of hydrogen-bond donors (Lipinski definition) is 2. The molecule has 2 aliphatic rings. The number of phenols is 1. The Morgan fingerprint density at radius 2 is 1.89 bits per heavy atom. The molecule has 2 saturated heterocycles. The molecule has 2 heterocycles. The van der Waals surface area contributed by atoms with Gasteiger partial charge >= 0.3 is 0 Å². The molecule has 0 aromatic heterocycles. The third kappa shape index (κ3) is 2.25. The van der Waals surface area contributed by atoms with Gasteiger partial charge in [0.05, 0.1) is 0 Å². The highest BCUT2D eigenvalue weighted by Gasteiger charge is 2.37. The quantitative estimate of drug-likeness (QED) is 0.857. The number of nitrogens with zero attached hydrogens (tertiary/aromatic N) is 1. The van der Waals surface area contributed by atoms with Gasteiger partial charge in [-0.3, -0.25) is 0 Å². The van der Waals surface area contributed by atoms with Crippen molar-refractivity contribution in [2.45, 2.75) is 50.4 Å². The summed E-state index contributed by atoms with van der Waals surface area (Å²) in [5, 5.41) is 13.4. The van der Waals surface area contributed by atoms with E-state index >= 15 is 0 Å². The third-order valence-corrected chi connectivity index (χ3v) is 4.67. The maximum Gasteiger partial charge on any atom is 0.120 e. The summed E-state index contributed by atoms with van der Waals surface area (Å²) in [4.78, 5) is 2.55. The number of fused-ring (bicyclic) bond motifs is 2. The van der Waals surface area contributed by atoms with E-state index in [0.717, 1.165) is 24.2 Å². The maximum atomic E-state index is 9.75. The molecule has 0 radical (unpaired) electrons. The zero-order valence-electron chi connectivity index (χ0n) is 11.0. The van der Waals surface area contributed by atoms with Crippen LogP contribution in [0.15, 0.2) is 24.3 Å². The van der Waals surface area contributed by atoms with Crippen LogP contribution in [0.5, 0.6) is 5.75 Å². The highest BCUT2D eigenvalue weighted by Crippen LogP contribution is 2.34. The monoisotopic (exact) mass is 246 g/mol. The molecule has 0 aliphatic carbocycles. The highest BCUT2D eigenvalue weighted by molar-refractivity contribution is 5.31. The lowest BCUT2D eigenvalue weighted by Gasteiger charge is -2.36. The molecule has 98 valence electrons. The minimum absolute atomic E-state index is 0.404. The summed E-state index contributed by atoms with van der Waals surface area (Å²) < 4.78 is 0. The van der Waals surface area contributed by atoms with Crippen molar-refractivity contribution in [1.29, 1.82) is 0 Å². The van der Waals surface area contributed by atoms with Gasteiger partial charge < -0.3 is 15.3 Å². The first kappa shape index (κ1) is 12.0. The molecule has 18 heavy (non-hydrogen) atoms. The average Bonchev–Trinajstić information content (AvgIpc) is 2.62. The molecular weight excluding hydrogens is 224 g/mol. The predicted octanol–water partition coefficient (Wildman–Crippen LogP) is 2.11. The van der Waals surface area contributed by atoms with Gasteiger partial charge in [0.1, 0.15) is 5.75 Å². The number of aromatic hydroxyl groups is 1. The van der Waals surface area contributed by atoms with Gasteiger partial charge in [0.25, 0.3) is 0 Å². The van der Waals surface area contributed by atoms with Crippen molar-refractivity contribution >= 4 is 0 Å². The maximum absolute atomic E-state index is 9.75. The first-order valence-corrected chi connectivity index (χ1v) is 6.96. The molecule has 3 heteroatoms.